The van der Waals surface area contributed by atoms with Crippen LogP contribution in [0.25, 0.3) is 6.08 Å². The van der Waals surface area contributed by atoms with Crippen LogP contribution in [-0.2, 0) is 4.79 Å². The highest BCUT2D eigenvalue weighted by Gasteiger charge is 2.13. The Hall–Kier alpha value is -1.97. The van der Waals surface area contributed by atoms with Gasteiger partial charge in [-0.05, 0) is 24.0 Å². The van der Waals surface area contributed by atoms with Gasteiger partial charge in [-0.2, -0.15) is 0 Å². The molecule has 0 aromatic heterocycles. The summed E-state index contributed by atoms with van der Waals surface area (Å²) in [6, 6.07) is 5.40. The van der Waals surface area contributed by atoms with Crippen LogP contribution < -0.4 is 9.47 Å². The molecule has 0 heterocycles. The summed E-state index contributed by atoms with van der Waals surface area (Å²) in [5.41, 5.74) is 0.875. The second-order valence-corrected chi connectivity index (χ2v) is 5.71. The number of aliphatic carboxylic acids is 1. The molecule has 110 valence electrons. The van der Waals surface area contributed by atoms with Crippen LogP contribution in [0.5, 0.6) is 11.5 Å². The van der Waals surface area contributed by atoms with Gasteiger partial charge in [-0.3, -0.25) is 0 Å². The third-order valence-electron chi connectivity index (χ3n) is 2.73. The monoisotopic (exact) mass is 278 g/mol. The van der Waals surface area contributed by atoms with Gasteiger partial charge in [0.15, 0.2) is 11.5 Å². The normalized spacial score (nSPS) is 11.6. The molecular formula is C16H22O4. The zero-order chi connectivity index (χ0) is 15.2. The molecule has 1 rings (SSSR count). The van der Waals surface area contributed by atoms with E-state index >= 15 is 0 Å². The van der Waals surface area contributed by atoms with Crippen LogP contribution in [-0.4, -0.2) is 24.8 Å². The quantitative estimate of drug-likeness (QED) is 0.808. The summed E-state index contributed by atoms with van der Waals surface area (Å²) in [5, 5.41) is 8.72. The van der Waals surface area contributed by atoms with Crippen LogP contribution in [0.4, 0.5) is 0 Å². The highest BCUT2D eigenvalue weighted by atomic mass is 16.5. The third-order valence-corrected chi connectivity index (χ3v) is 2.73. The van der Waals surface area contributed by atoms with E-state index in [4.69, 9.17) is 14.6 Å². The molecule has 0 radical (unpaired) electrons. The molecule has 0 aliphatic rings. The number of carbonyl (C=O) groups is 1. The molecule has 20 heavy (non-hydrogen) atoms. The lowest BCUT2D eigenvalue weighted by atomic mass is 9.93. The van der Waals surface area contributed by atoms with E-state index in [-0.39, 0.29) is 5.41 Å². The SMILES string of the molecule is COc1cccc(C=CC(=O)O)c1OCCC(C)(C)C. The van der Waals surface area contributed by atoms with Gasteiger partial charge in [0.25, 0.3) is 0 Å². The first-order valence-corrected chi connectivity index (χ1v) is 6.54. The van der Waals surface area contributed by atoms with Crippen molar-refractivity contribution in [1.29, 1.82) is 0 Å². The van der Waals surface area contributed by atoms with Gasteiger partial charge in [-0.15, -0.1) is 0 Å². The minimum absolute atomic E-state index is 0.180. The number of rotatable bonds is 6. The Morgan fingerprint density at radius 2 is 2.05 bits per heavy atom. The fourth-order valence-corrected chi connectivity index (χ4v) is 1.60. The average Bonchev–Trinajstić information content (AvgIpc) is 2.35. The fourth-order valence-electron chi connectivity index (χ4n) is 1.60. The number of hydrogen-bond acceptors (Lipinski definition) is 3. The lowest BCUT2D eigenvalue weighted by Gasteiger charge is -2.19. The smallest absolute Gasteiger partial charge is 0.328 e. The van der Waals surface area contributed by atoms with E-state index in [0.29, 0.717) is 23.7 Å². The zero-order valence-corrected chi connectivity index (χ0v) is 12.5. The van der Waals surface area contributed by atoms with Gasteiger partial charge >= 0.3 is 5.97 Å². The molecule has 0 bridgehead atoms. The van der Waals surface area contributed by atoms with Crippen molar-refractivity contribution in [3.05, 3.63) is 29.8 Å². The lowest BCUT2D eigenvalue weighted by Crippen LogP contribution is -2.11. The summed E-state index contributed by atoms with van der Waals surface area (Å²) >= 11 is 0. The number of hydrogen-bond donors (Lipinski definition) is 1. The van der Waals surface area contributed by atoms with Gasteiger partial charge in [0.05, 0.1) is 13.7 Å². The predicted octanol–water partition coefficient (Wildman–Crippen LogP) is 3.61. The Morgan fingerprint density at radius 3 is 2.60 bits per heavy atom. The van der Waals surface area contributed by atoms with Gasteiger partial charge in [0.2, 0.25) is 0 Å². The topological polar surface area (TPSA) is 55.8 Å². The molecule has 4 heteroatoms. The Morgan fingerprint density at radius 1 is 1.35 bits per heavy atom. The zero-order valence-electron chi connectivity index (χ0n) is 12.5. The maximum Gasteiger partial charge on any atom is 0.328 e. The minimum Gasteiger partial charge on any atom is -0.493 e. The van der Waals surface area contributed by atoms with Crippen molar-refractivity contribution >= 4 is 12.0 Å². The van der Waals surface area contributed by atoms with Crippen LogP contribution in [0.15, 0.2) is 24.3 Å². The lowest BCUT2D eigenvalue weighted by molar-refractivity contribution is -0.131. The summed E-state index contributed by atoms with van der Waals surface area (Å²) in [6.07, 6.45) is 3.50. The van der Waals surface area contributed by atoms with Crippen molar-refractivity contribution in [2.75, 3.05) is 13.7 Å². The van der Waals surface area contributed by atoms with E-state index in [9.17, 15) is 4.79 Å². The summed E-state index contributed by atoms with van der Waals surface area (Å²) < 4.78 is 11.1. The summed E-state index contributed by atoms with van der Waals surface area (Å²) in [7, 11) is 1.57. The highest BCUT2D eigenvalue weighted by Crippen LogP contribution is 2.32. The number of carboxylic acid groups (broad SMARTS) is 1. The molecule has 4 nitrogen and oxygen atoms in total. The Bertz CT molecular complexity index is 484. The van der Waals surface area contributed by atoms with E-state index in [1.807, 2.05) is 0 Å². The Labute approximate surface area is 120 Å². The molecule has 1 aromatic carbocycles. The average molecular weight is 278 g/mol. The molecular weight excluding hydrogens is 256 g/mol. The largest absolute Gasteiger partial charge is 0.493 e. The van der Waals surface area contributed by atoms with Gasteiger partial charge in [-0.1, -0.05) is 32.9 Å². The first-order chi connectivity index (χ1) is 9.33. The molecule has 0 fully saturated rings. The molecule has 0 spiro atoms. The van der Waals surface area contributed by atoms with Gasteiger partial charge < -0.3 is 14.6 Å². The second kappa shape index (κ2) is 6.98. The Balaban J connectivity index is 2.92. The molecule has 1 N–H and O–H groups in total. The van der Waals surface area contributed by atoms with Crippen molar-refractivity contribution in [3.63, 3.8) is 0 Å². The van der Waals surface area contributed by atoms with Crippen molar-refractivity contribution < 1.29 is 19.4 Å². The van der Waals surface area contributed by atoms with Crippen molar-refractivity contribution in [1.82, 2.24) is 0 Å². The first-order valence-electron chi connectivity index (χ1n) is 6.54. The van der Waals surface area contributed by atoms with Crippen molar-refractivity contribution in [3.8, 4) is 11.5 Å². The third kappa shape index (κ3) is 5.34. The maximum atomic E-state index is 10.6. The van der Waals surface area contributed by atoms with Crippen LogP contribution in [0.3, 0.4) is 0 Å². The number of benzene rings is 1. The molecule has 0 atom stereocenters. The molecule has 0 unspecified atom stereocenters. The summed E-state index contributed by atoms with van der Waals surface area (Å²) in [5.74, 6) is 0.191. The highest BCUT2D eigenvalue weighted by molar-refractivity contribution is 5.86. The second-order valence-electron chi connectivity index (χ2n) is 5.71. The molecule has 0 saturated carbocycles. The summed E-state index contributed by atoms with van der Waals surface area (Å²) in [6.45, 7) is 6.98. The van der Waals surface area contributed by atoms with E-state index < -0.39 is 5.97 Å². The van der Waals surface area contributed by atoms with Crippen molar-refractivity contribution in [2.24, 2.45) is 5.41 Å². The predicted molar refractivity (Wildman–Crippen MR) is 79.2 cm³/mol. The Kier molecular flexibility index (Phi) is 5.62. The van der Waals surface area contributed by atoms with Crippen LogP contribution in [0, 0.1) is 5.41 Å². The van der Waals surface area contributed by atoms with E-state index in [0.717, 1.165) is 12.5 Å². The van der Waals surface area contributed by atoms with Gasteiger partial charge in [0.1, 0.15) is 0 Å². The number of para-hydroxylation sites is 1. The summed E-state index contributed by atoms with van der Waals surface area (Å²) in [4.78, 5) is 10.6. The molecule has 0 aliphatic carbocycles. The van der Waals surface area contributed by atoms with Crippen LogP contribution >= 0.6 is 0 Å². The van der Waals surface area contributed by atoms with Gasteiger partial charge in [0, 0.05) is 11.6 Å². The molecule has 0 aliphatic heterocycles. The van der Waals surface area contributed by atoms with E-state index in [2.05, 4.69) is 20.8 Å². The molecule has 0 saturated heterocycles. The fraction of sp³-hybridized carbons (Fsp3) is 0.438. The van der Waals surface area contributed by atoms with Crippen LogP contribution in [0.2, 0.25) is 0 Å². The standard InChI is InChI=1S/C16H22O4/c1-16(2,3)10-11-20-15-12(8-9-14(17)18)6-5-7-13(15)19-4/h5-9H,10-11H2,1-4H3,(H,17,18). The molecule has 0 amide bonds. The van der Waals surface area contributed by atoms with E-state index in [1.54, 1.807) is 25.3 Å². The maximum absolute atomic E-state index is 10.6. The number of carboxylic acids is 1. The van der Waals surface area contributed by atoms with Gasteiger partial charge in [-0.25, -0.2) is 4.79 Å². The first kappa shape index (κ1) is 16.1. The number of methoxy groups -OCH3 is 1. The minimum atomic E-state index is -0.992. The van der Waals surface area contributed by atoms with Crippen LogP contribution in [0.1, 0.15) is 32.8 Å². The molecule has 1 aromatic rings. The number of ether oxygens (including phenoxy) is 2. The van der Waals surface area contributed by atoms with Crippen molar-refractivity contribution in [2.45, 2.75) is 27.2 Å². The van der Waals surface area contributed by atoms with E-state index in [1.165, 1.54) is 6.08 Å².